The number of benzene rings is 2. The normalized spacial score (nSPS) is 19.1. The summed E-state index contributed by atoms with van der Waals surface area (Å²) in [4.78, 5) is 24.3. The maximum absolute atomic E-state index is 12.3. The van der Waals surface area contributed by atoms with Crippen LogP contribution in [0.2, 0.25) is 0 Å². The minimum Gasteiger partial charge on any atom is -0.376 e. The standard InChI is InChI=1S/C21H24N2O3/c1-15-7-5-6-10-19(15)21(25)23-13-18-11-16(14-26-18)12-22-20(24)17-8-3-2-4-9-17/h2-10,16,18H,11-14H2,1H3,(H,22,24)(H,23,25). The van der Waals surface area contributed by atoms with Crippen molar-refractivity contribution < 1.29 is 14.3 Å². The molecule has 26 heavy (non-hydrogen) atoms. The Hall–Kier alpha value is -2.66. The topological polar surface area (TPSA) is 67.4 Å². The molecule has 2 N–H and O–H groups in total. The second-order valence-electron chi connectivity index (χ2n) is 6.66. The Bertz CT molecular complexity index is 761. The van der Waals surface area contributed by atoms with Gasteiger partial charge >= 0.3 is 0 Å². The summed E-state index contributed by atoms with van der Waals surface area (Å²) in [5, 5.41) is 5.90. The summed E-state index contributed by atoms with van der Waals surface area (Å²) >= 11 is 0. The number of aryl methyl sites for hydroxylation is 1. The van der Waals surface area contributed by atoms with Crippen LogP contribution >= 0.6 is 0 Å². The van der Waals surface area contributed by atoms with E-state index in [0.717, 1.165) is 12.0 Å². The molecular formula is C21H24N2O3. The van der Waals surface area contributed by atoms with Gasteiger partial charge in [-0.05, 0) is 37.1 Å². The molecule has 1 fully saturated rings. The Morgan fingerprint density at radius 1 is 0.962 bits per heavy atom. The number of carbonyl (C=O) groups is 2. The van der Waals surface area contributed by atoms with Crippen molar-refractivity contribution in [2.45, 2.75) is 19.4 Å². The molecule has 0 aromatic heterocycles. The molecule has 5 nitrogen and oxygen atoms in total. The number of amides is 2. The van der Waals surface area contributed by atoms with Crippen LogP contribution in [-0.4, -0.2) is 37.6 Å². The Kier molecular flexibility index (Phi) is 6.02. The molecule has 0 spiro atoms. The highest BCUT2D eigenvalue weighted by molar-refractivity contribution is 5.95. The monoisotopic (exact) mass is 352 g/mol. The molecule has 3 rings (SSSR count). The molecule has 2 aromatic carbocycles. The number of hydrogen-bond donors (Lipinski definition) is 2. The Morgan fingerprint density at radius 2 is 1.65 bits per heavy atom. The molecule has 2 amide bonds. The zero-order valence-corrected chi connectivity index (χ0v) is 14.9. The average Bonchev–Trinajstić information content (AvgIpc) is 3.13. The third kappa shape index (κ3) is 4.70. The summed E-state index contributed by atoms with van der Waals surface area (Å²) in [6, 6.07) is 16.7. The minimum atomic E-state index is -0.0764. The van der Waals surface area contributed by atoms with Gasteiger partial charge in [-0.1, -0.05) is 36.4 Å². The van der Waals surface area contributed by atoms with Gasteiger partial charge in [0.25, 0.3) is 11.8 Å². The number of rotatable bonds is 6. The number of ether oxygens (including phenoxy) is 1. The van der Waals surface area contributed by atoms with Crippen LogP contribution in [0.15, 0.2) is 54.6 Å². The molecule has 1 aliphatic rings. The van der Waals surface area contributed by atoms with Crippen molar-refractivity contribution in [3.8, 4) is 0 Å². The van der Waals surface area contributed by atoms with E-state index in [2.05, 4.69) is 10.6 Å². The first-order valence-corrected chi connectivity index (χ1v) is 8.92. The fraction of sp³-hybridized carbons (Fsp3) is 0.333. The lowest BCUT2D eigenvalue weighted by molar-refractivity contribution is 0.0842. The van der Waals surface area contributed by atoms with E-state index in [1.165, 1.54) is 0 Å². The summed E-state index contributed by atoms with van der Waals surface area (Å²) in [6.45, 7) is 3.58. The Labute approximate surface area is 153 Å². The molecule has 0 aliphatic carbocycles. The second-order valence-corrected chi connectivity index (χ2v) is 6.66. The maximum Gasteiger partial charge on any atom is 0.251 e. The molecule has 0 radical (unpaired) electrons. The van der Waals surface area contributed by atoms with E-state index in [1.807, 2.05) is 49.4 Å². The summed E-state index contributed by atoms with van der Waals surface area (Å²) in [7, 11) is 0. The first-order valence-electron chi connectivity index (χ1n) is 8.92. The Balaban J connectivity index is 1.41. The SMILES string of the molecule is Cc1ccccc1C(=O)NCC1CC(CNC(=O)c2ccccc2)CO1. The highest BCUT2D eigenvalue weighted by Gasteiger charge is 2.26. The van der Waals surface area contributed by atoms with Gasteiger partial charge < -0.3 is 15.4 Å². The van der Waals surface area contributed by atoms with Crippen LogP contribution in [0, 0.1) is 12.8 Å². The van der Waals surface area contributed by atoms with Crippen molar-refractivity contribution in [2.75, 3.05) is 19.7 Å². The van der Waals surface area contributed by atoms with E-state index < -0.39 is 0 Å². The van der Waals surface area contributed by atoms with Crippen LogP contribution in [0.5, 0.6) is 0 Å². The molecule has 1 saturated heterocycles. The van der Waals surface area contributed by atoms with Gasteiger partial charge in [0.05, 0.1) is 12.7 Å². The van der Waals surface area contributed by atoms with E-state index in [0.29, 0.717) is 30.8 Å². The predicted octanol–water partition coefficient (Wildman–Crippen LogP) is 2.56. The largest absolute Gasteiger partial charge is 0.376 e. The van der Waals surface area contributed by atoms with Crippen molar-refractivity contribution in [3.63, 3.8) is 0 Å². The van der Waals surface area contributed by atoms with Crippen LogP contribution in [0.1, 0.15) is 32.7 Å². The molecule has 0 bridgehead atoms. The molecule has 2 unspecified atom stereocenters. The van der Waals surface area contributed by atoms with E-state index in [4.69, 9.17) is 4.74 Å². The summed E-state index contributed by atoms with van der Waals surface area (Å²) < 4.78 is 5.75. The van der Waals surface area contributed by atoms with Crippen molar-refractivity contribution in [2.24, 2.45) is 5.92 Å². The lowest BCUT2D eigenvalue weighted by Crippen LogP contribution is -2.33. The summed E-state index contributed by atoms with van der Waals surface area (Å²) in [5.41, 5.74) is 2.31. The van der Waals surface area contributed by atoms with Gasteiger partial charge in [0, 0.05) is 30.1 Å². The van der Waals surface area contributed by atoms with Crippen molar-refractivity contribution in [3.05, 3.63) is 71.3 Å². The number of carbonyl (C=O) groups excluding carboxylic acids is 2. The highest BCUT2D eigenvalue weighted by atomic mass is 16.5. The fourth-order valence-electron chi connectivity index (χ4n) is 3.12. The second kappa shape index (κ2) is 8.63. The molecule has 2 atom stereocenters. The summed E-state index contributed by atoms with van der Waals surface area (Å²) in [6.07, 6.45) is 0.810. The van der Waals surface area contributed by atoms with Crippen LogP contribution in [0.4, 0.5) is 0 Å². The third-order valence-electron chi connectivity index (χ3n) is 4.63. The van der Waals surface area contributed by atoms with Gasteiger partial charge in [-0.2, -0.15) is 0 Å². The van der Waals surface area contributed by atoms with Gasteiger partial charge in [0.2, 0.25) is 0 Å². The zero-order valence-electron chi connectivity index (χ0n) is 14.9. The van der Waals surface area contributed by atoms with Crippen LogP contribution in [0.25, 0.3) is 0 Å². The number of hydrogen-bond acceptors (Lipinski definition) is 3. The molecule has 1 heterocycles. The Morgan fingerprint density at radius 3 is 2.42 bits per heavy atom. The lowest BCUT2D eigenvalue weighted by Gasteiger charge is -2.12. The van der Waals surface area contributed by atoms with Crippen LogP contribution < -0.4 is 10.6 Å². The molecule has 5 heteroatoms. The highest BCUT2D eigenvalue weighted by Crippen LogP contribution is 2.19. The minimum absolute atomic E-state index is 0.0124. The van der Waals surface area contributed by atoms with E-state index in [1.54, 1.807) is 12.1 Å². The molecule has 1 aliphatic heterocycles. The van der Waals surface area contributed by atoms with Gasteiger partial charge in [-0.15, -0.1) is 0 Å². The molecule has 2 aromatic rings. The van der Waals surface area contributed by atoms with Gasteiger partial charge in [-0.25, -0.2) is 0 Å². The molecule has 0 saturated carbocycles. The predicted molar refractivity (Wildman–Crippen MR) is 100 cm³/mol. The van der Waals surface area contributed by atoms with Crippen LogP contribution in [-0.2, 0) is 4.74 Å². The molecular weight excluding hydrogens is 328 g/mol. The third-order valence-corrected chi connectivity index (χ3v) is 4.63. The average molecular weight is 352 g/mol. The van der Waals surface area contributed by atoms with E-state index in [9.17, 15) is 9.59 Å². The van der Waals surface area contributed by atoms with E-state index in [-0.39, 0.29) is 23.8 Å². The number of nitrogens with one attached hydrogen (secondary N) is 2. The zero-order chi connectivity index (χ0) is 18.4. The maximum atomic E-state index is 12.3. The van der Waals surface area contributed by atoms with Crippen molar-refractivity contribution in [1.29, 1.82) is 0 Å². The van der Waals surface area contributed by atoms with Gasteiger partial charge in [0.1, 0.15) is 0 Å². The van der Waals surface area contributed by atoms with Gasteiger partial charge in [-0.3, -0.25) is 9.59 Å². The van der Waals surface area contributed by atoms with Crippen molar-refractivity contribution in [1.82, 2.24) is 10.6 Å². The van der Waals surface area contributed by atoms with E-state index >= 15 is 0 Å². The first kappa shape index (κ1) is 18.1. The van der Waals surface area contributed by atoms with Gasteiger partial charge in [0.15, 0.2) is 0 Å². The first-order chi connectivity index (χ1) is 12.6. The quantitative estimate of drug-likeness (QED) is 0.840. The molecule has 136 valence electrons. The smallest absolute Gasteiger partial charge is 0.251 e. The van der Waals surface area contributed by atoms with Crippen LogP contribution in [0.3, 0.4) is 0 Å². The van der Waals surface area contributed by atoms with Crippen molar-refractivity contribution >= 4 is 11.8 Å². The fourth-order valence-corrected chi connectivity index (χ4v) is 3.12. The lowest BCUT2D eigenvalue weighted by atomic mass is 10.0. The summed E-state index contributed by atoms with van der Waals surface area (Å²) in [5.74, 6) is 0.123.